The zero-order valence-corrected chi connectivity index (χ0v) is 7.68. The average molecular weight is 181 g/mol. The van der Waals surface area contributed by atoms with Gasteiger partial charge in [0, 0.05) is 0 Å². The fourth-order valence-electron chi connectivity index (χ4n) is 1.07. The van der Waals surface area contributed by atoms with E-state index < -0.39 is 0 Å². The van der Waals surface area contributed by atoms with Crippen molar-refractivity contribution in [3.8, 4) is 0 Å². The Balaban J connectivity index is 2.92. The summed E-state index contributed by atoms with van der Waals surface area (Å²) in [6.45, 7) is 2.08. The van der Waals surface area contributed by atoms with E-state index in [0.717, 1.165) is 9.47 Å². The zero-order valence-electron chi connectivity index (χ0n) is 6.05. The van der Waals surface area contributed by atoms with Crippen molar-refractivity contribution in [3.05, 3.63) is 27.7 Å². The third-order valence-corrected chi connectivity index (χ3v) is 2.79. The van der Waals surface area contributed by atoms with Gasteiger partial charge in [0.2, 0.25) is 0 Å². The van der Waals surface area contributed by atoms with Crippen molar-refractivity contribution in [2.75, 3.05) is 0 Å². The Morgan fingerprint density at radius 3 is 3.09 bits per heavy atom. The van der Waals surface area contributed by atoms with E-state index in [2.05, 4.69) is 30.1 Å². The van der Waals surface area contributed by atoms with Gasteiger partial charge in [-0.15, -0.1) is 11.3 Å². The van der Waals surface area contributed by atoms with Crippen molar-refractivity contribution in [1.82, 2.24) is 4.98 Å². The highest BCUT2D eigenvalue weighted by Gasteiger charge is 1.94. The molecule has 11 heavy (non-hydrogen) atoms. The zero-order chi connectivity index (χ0) is 7.84. The summed E-state index contributed by atoms with van der Waals surface area (Å²) in [4.78, 5) is 3.13. The van der Waals surface area contributed by atoms with Crippen LogP contribution in [0.1, 0.15) is 5.56 Å². The number of aryl methyl sites for hydroxylation is 1. The van der Waals surface area contributed by atoms with Gasteiger partial charge < -0.3 is 4.98 Å². The smallest absolute Gasteiger partial charge is 0.159 e. The maximum absolute atomic E-state index is 5.02. The lowest BCUT2D eigenvalue weighted by Gasteiger charge is -1.89. The number of aromatic nitrogens is 1. The number of fused-ring (bicyclic) bond motifs is 1. The topological polar surface area (TPSA) is 15.8 Å². The highest BCUT2D eigenvalue weighted by molar-refractivity contribution is 7.73. The van der Waals surface area contributed by atoms with Gasteiger partial charge in [0.25, 0.3) is 0 Å². The first kappa shape index (κ1) is 7.00. The Kier molecular flexibility index (Phi) is 1.55. The molecule has 0 amide bonds. The van der Waals surface area contributed by atoms with Crippen LogP contribution >= 0.6 is 23.6 Å². The van der Waals surface area contributed by atoms with Gasteiger partial charge >= 0.3 is 0 Å². The van der Waals surface area contributed by atoms with Crippen LogP contribution in [0.5, 0.6) is 0 Å². The molecule has 0 spiro atoms. The number of benzene rings is 1. The van der Waals surface area contributed by atoms with E-state index in [9.17, 15) is 0 Å². The molecule has 0 saturated heterocycles. The van der Waals surface area contributed by atoms with Gasteiger partial charge in [0.15, 0.2) is 3.95 Å². The number of rotatable bonds is 0. The van der Waals surface area contributed by atoms with Crippen LogP contribution in [0.2, 0.25) is 0 Å². The summed E-state index contributed by atoms with van der Waals surface area (Å²) in [5, 5.41) is 0. The predicted octanol–water partition coefficient (Wildman–Crippen LogP) is 3.27. The Morgan fingerprint density at radius 1 is 1.45 bits per heavy atom. The molecule has 0 fully saturated rings. The third-order valence-electron chi connectivity index (χ3n) is 1.57. The molecule has 0 radical (unpaired) electrons. The lowest BCUT2D eigenvalue weighted by Crippen LogP contribution is -1.70. The van der Waals surface area contributed by atoms with Gasteiger partial charge in [-0.3, -0.25) is 0 Å². The van der Waals surface area contributed by atoms with Gasteiger partial charge in [-0.05, 0) is 36.8 Å². The highest BCUT2D eigenvalue weighted by Crippen LogP contribution is 2.19. The minimum Gasteiger partial charge on any atom is -0.337 e. The van der Waals surface area contributed by atoms with Crippen molar-refractivity contribution in [1.29, 1.82) is 0 Å². The minimum absolute atomic E-state index is 0.852. The Hall–Kier alpha value is -0.670. The standard InChI is InChI=1S/C8H7NS2/c1-5-2-3-7-6(4-5)9-8(10)11-7/h2-4H,1H3,(H,9,10). The van der Waals surface area contributed by atoms with Crippen LogP contribution in [0.3, 0.4) is 0 Å². The minimum atomic E-state index is 0.852. The molecule has 1 aromatic heterocycles. The molecular formula is C8H7NS2. The van der Waals surface area contributed by atoms with Gasteiger partial charge in [-0.1, -0.05) is 6.07 Å². The maximum atomic E-state index is 5.02. The van der Waals surface area contributed by atoms with E-state index in [-0.39, 0.29) is 0 Å². The normalized spacial score (nSPS) is 10.6. The van der Waals surface area contributed by atoms with Crippen LogP contribution in [0.15, 0.2) is 18.2 Å². The molecule has 0 unspecified atom stereocenters. The third kappa shape index (κ3) is 1.21. The maximum Gasteiger partial charge on any atom is 0.159 e. The van der Waals surface area contributed by atoms with Crippen molar-refractivity contribution >= 4 is 33.8 Å². The summed E-state index contributed by atoms with van der Waals surface area (Å²) in [5.74, 6) is 0. The molecular weight excluding hydrogens is 174 g/mol. The molecule has 1 heterocycles. The van der Waals surface area contributed by atoms with Gasteiger partial charge in [-0.25, -0.2) is 0 Å². The Morgan fingerprint density at radius 2 is 2.27 bits per heavy atom. The van der Waals surface area contributed by atoms with Gasteiger partial charge in [0.05, 0.1) is 10.2 Å². The molecule has 0 atom stereocenters. The largest absolute Gasteiger partial charge is 0.337 e. The lowest BCUT2D eigenvalue weighted by molar-refractivity contribution is 1.43. The summed E-state index contributed by atoms with van der Waals surface area (Å²) in [7, 11) is 0. The number of H-pyrrole nitrogens is 1. The molecule has 0 aliphatic carbocycles. The molecule has 0 saturated carbocycles. The average Bonchev–Trinajstić information content (AvgIpc) is 2.27. The predicted molar refractivity (Wildman–Crippen MR) is 51.7 cm³/mol. The summed E-state index contributed by atoms with van der Waals surface area (Å²) >= 11 is 6.64. The Labute approximate surface area is 73.7 Å². The van der Waals surface area contributed by atoms with Gasteiger partial charge in [-0.2, -0.15) is 0 Å². The van der Waals surface area contributed by atoms with Crippen LogP contribution in [0.25, 0.3) is 10.2 Å². The molecule has 2 rings (SSSR count). The first-order valence-corrected chi connectivity index (χ1v) is 4.58. The fraction of sp³-hybridized carbons (Fsp3) is 0.125. The quantitative estimate of drug-likeness (QED) is 0.617. The molecule has 1 nitrogen and oxygen atoms in total. The fourth-order valence-corrected chi connectivity index (χ4v) is 2.16. The molecule has 1 aromatic carbocycles. The summed E-state index contributed by atoms with van der Waals surface area (Å²) < 4.78 is 2.09. The second-order valence-corrected chi connectivity index (χ2v) is 4.23. The second-order valence-electron chi connectivity index (χ2n) is 2.51. The lowest BCUT2D eigenvalue weighted by atomic mass is 10.2. The van der Waals surface area contributed by atoms with Crippen LogP contribution in [0, 0.1) is 10.9 Å². The van der Waals surface area contributed by atoms with Crippen LogP contribution in [0.4, 0.5) is 0 Å². The van der Waals surface area contributed by atoms with Crippen molar-refractivity contribution in [2.45, 2.75) is 6.92 Å². The Bertz CT molecular complexity index is 439. The van der Waals surface area contributed by atoms with Crippen LogP contribution in [-0.4, -0.2) is 4.98 Å². The number of hydrogen-bond donors (Lipinski definition) is 1. The highest BCUT2D eigenvalue weighted by atomic mass is 32.1. The van der Waals surface area contributed by atoms with E-state index in [1.165, 1.54) is 10.3 Å². The first-order valence-electron chi connectivity index (χ1n) is 3.35. The van der Waals surface area contributed by atoms with E-state index in [4.69, 9.17) is 12.2 Å². The van der Waals surface area contributed by atoms with Crippen molar-refractivity contribution < 1.29 is 0 Å². The van der Waals surface area contributed by atoms with E-state index in [0.29, 0.717) is 0 Å². The van der Waals surface area contributed by atoms with Crippen LogP contribution < -0.4 is 0 Å². The molecule has 2 aromatic rings. The molecule has 0 aliphatic rings. The molecule has 0 aliphatic heterocycles. The second kappa shape index (κ2) is 2.43. The van der Waals surface area contributed by atoms with E-state index in [1.807, 2.05) is 0 Å². The molecule has 3 heteroatoms. The molecule has 56 valence electrons. The number of nitrogens with one attached hydrogen (secondary N) is 1. The van der Waals surface area contributed by atoms with E-state index in [1.54, 1.807) is 11.3 Å². The van der Waals surface area contributed by atoms with E-state index >= 15 is 0 Å². The SMILES string of the molecule is Cc1ccc2sc(=S)[nH]c2c1. The van der Waals surface area contributed by atoms with Crippen molar-refractivity contribution in [2.24, 2.45) is 0 Å². The summed E-state index contributed by atoms with van der Waals surface area (Å²) in [5.41, 5.74) is 2.42. The molecule has 1 N–H and O–H groups in total. The number of aromatic amines is 1. The summed E-state index contributed by atoms with van der Waals surface area (Å²) in [6, 6.07) is 6.31. The number of thiazole rings is 1. The van der Waals surface area contributed by atoms with Gasteiger partial charge in [0.1, 0.15) is 0 Å². The monoisotopic (exact) mass is 181 g/mol. The van der Waals surface area contributed by atoms with Crippen LogP contribution in [-0.2, 0) is 0 Å². The summed E-state index contributed by atoms with van der Waals surface area (Å²) in [6.07, 6.45) is 0. The molecule has 0 bridgehead atoms. The first-order chi connectivity index (χ1) is 5.25. The number of hydrogen-bond acceptors (Lipinski definition) is 2. The van der Waals surface area contributed by atoms with Crippen molar-refractivity contribution in [3.63, 3.8) is 0 Å².